The molecular weight excluding hydrogens is 440 g/mol. The molecule has 10 atom stereocenters. The summed E-state index contributed by atoms with van der Waals surface area (Å²) in [4.78, 5) is 0. The second-order valence-electron chi connectivity index (χ2n) is 7.99. The van der Waals surface area contributed by atoms with Gasteiger partial charge in [0.1, 0.15) is 48.8 Å². The van der Waals surface area contributed by atoms with Gasteiger partial charge in [0, 0.05) is 21.3 Å². The van der Waals surface area contributed by atoms with Gasteiger partial charge in [0.05, 0.1) is 19.8 Å². The third-order valence-electron chi connectivity index (χ3n) is 5.88. The molecule has 0 amide bonds. The van der Waals surface area contributed by atoms with Crippen LogP contribution in [0.15, 0.2) is 30.3 Å². The van der Waals surface area contributed by atoms with Gasteiger partial charge < -0.3 is 53.6 Å². The van der Waals surface area contributed by atoms with Crippen molar-refractivity contribution in [2.24, 2.45) is 0 Å². The molecule has 0 aromatic heterocycles. The Labute approximate surface area is 192 Å². The molecule has 3 rings (SSSR count). The van der Waals surface area contributed by atoms with Gasteiger partial charge in [-0.3, -0.25) is 0 Å². The number of benzene rings is 1. The molecule has 2 fully saturated rings. The van der Waals surface area contributed by atoms with Crippen LogP contribution >= 0.6 is 0 Å². The third-order valence-corrected chi connectivity index (χ3v) is 5.88. The highest BCUT2D eigenvalue weighted by atomic mass is 16.7. The summed E-state index contributed by atoms with van der Waals surface area (Å²) < 4.78 is 39.4. The van der Waals surface area contributed by atoms with Gasteiger partial charge in [-0.15, -0.1) is 0 Å². The highest BCUT2D eigenvalue weighted by Crippen LogP contribution is 2.32. The standard InChI is InChI=1S/C22H34O11/c1-27-11-14-17(33-22-16(25)18(28-2)15(24)13(9-23)32-22)19(29-3)20(21(26)31-14)30-10-12-7-5-4-6-8-12/h4-8,13-26H,9-11H2,1-3H3/t13-,14?,15+,16?,17+,18?,19-,20?,21-,22+/m0/s1. The van der Waals surface area contributed by atoms with Crippen LogP contribution in [0, 0.1) is 0 Å². The summed E-state index contributed by atoms with van der Waals surface area (Å²) in [5, 5.41) is 41.1. The first-order valence-electron chi connectivity index (χ1n) is 10.8. The summed E-state index contributed by atoms with van der Waals surface area (Å²) >= 11 is 0. The van der Waals surface area contributed by atoms with E-state index in [1.54, 1.807) is 0 Å². The number of methoxy groups -OCH3 is 3. The molecule has 1 aromatic rings. The molecule has 4 N–H and O–H groups in total. The van der Waals surface area contributed by atoms with E-state index in [4.69, 9.17) is 33.2 Å². The van der Waals surface area contributed by atoms with Crippen LogP contribution in [-0.4, -0.2) is 116 Å². The van der Waals surface area contributed by atoms with Gasteiger partial charge in [-0.1, -0.05) is 30.3 Å². The Hall–Kier alpha value is -1.22. The highest BCUT2D eigenvalue weighted by molar-refractivity contribution is 5.13. The van der Waals surface area contributed by atoms with E-state index in [0.29, 0.717) is 0 Å². The van der Waals surface area contributed by atoms with Crippen molar-refractivity contribution in [3.63, 3.8) is 0 Å². The summed E-state index contributed by atoms with van der Waals surface area (Å²) in [6, 6.07) is 9.41. The topological polar surface area (TPSA) is 146 Å². The summed E-state index contributed by atoms with van der Waals surface area (Å²) in [6.07, 6.45) is -10.8. The van der Waals surface area contributed by atoms with Crippen LogP contribution in [0.1, 0.15) is 5.56 Å². The fourth-order valence-electron chi connectivity index (χ4n) is 4.17. The smallest absolute Gasteiger partial charge is 0.187 e. The predicted octanol–water partition coefficient (Wildman–Crippen LogP) is -1.21. The minimum atomic E-state index is -1.37. The summed E-state index contributed by atoms with van der Waals surface area (Å²) in [5.41, 5.74) is 0.893. The number of aliphatic hydroxyl groups is 4. The minimum Gasteiger partial charge on any atom is -0.394 e. The number of ether oxygens (including phenoxy) is 7. The average molecular weight is 475 g/mol. The second kappa shape index (κ2) is 12.5. The second-order valence-corrected chi connectivity index (χ2v) is 7.99. The van der Waals surface area contributed by atoms with Crippen molar-refractivity contribution in [1.82, 2.24) is 0 Å². The van der Waals surface area contributed by atoms with Gasteiger partial charge in [0.15, 0.2) is 12.6 Å². The average Bonchev–Trinajstić information content (AvgIpc) is 2.82. The van der Waals surface area contributed by atoms with Gasteiger partial charge in [0.25, 0.3) is 0 Å². The van der Waals surface area contributed by atoms with Crippen LogP contribution in [0.2, 0.25) is 0 Å². The molecular formula is C22H34O11. The number of hydrogen-bond donors (Lipinski definition) is 4. The van der Waals surface area contributed by atoms with Crippen molar-refractivity contribution in [1.29, 1.82) is 0 Å². The van der Waals surface area contributed by atoms with E-state index in [1.807, 2.05) is 30.3 Å². The van der Waals surface area contributed by atoms with Gasteiger partial charge >= 0.3 is 0 Å². The predicted molar refractivity (Wildman–Crippen MR) is 112 cm³/mol. The van der Waals surface area contributed by atoms with Gasteiger partial charge in [-0.05, 0) is 5.56 Å². The molecule has 2 heterocycles. The Morgan fingerprint density at radius 3 is 2.12 bits per heavy atom. The van der Waals surface area contributed by atoms with Crippen LogP contribution < -0.4 is 0 Å². The molecule has 0 radical (unpaired) electrons. The lowest BCUT2D eigenvalue weighted by molar-refractivity contribution is -0.362. The molecule has 0 saturated carbocycles. The van der Waals surface area contributed by atoms with Crippen LogP contribution in [0.3, 0.4) is 0 Å². The van der Waals surface area contributed by atoms with E-state index < -0.39 is 68.0 Å². The van der Waals surface area contributed by atoms with Crippen molar-refractivity contribution >= 4 is 0 Å². The summed E-state index contributed by atoms with van der Waals surface area (Å²) in [7, 11) is 4.24. The Kier molecular flexibility index (Phi) is 9.97. The molecule has 2 aliphatic rings. The van der Waals surface area contributed by atoms with E-state index in [-0.39, 0.29) is 13.2 Å². The van der Waals surface area contributed by atoms with E-state index in [0.717, 1.165) is 5.56 Å². The van der Waals surface area contributed by atoms with Crippen molar-refractivity contribution < 1.29 is 53.6 Å². The number of rotatable bonds is 10. The zero-order chi connectivity index (χ0) is 24.0. The fourth-order valence-corrected chi connectivity index (χ4v) is 4.17. The highest BCUT2D eigenvalue weighted by Gasteiger charge is 2.52. The van der Waals surface area contributed by atoms with Crippen molar-refractivity contribution in [2.75, 3.05) is 34.5 Å². The first-order valence-corrected chi connectivity index (χ1v) is 10.8. The minimum absolute atomic E-state index is 0.0512. The van der Waals surface area contributed by atoms with E-state index in [9.17, 15) is 20.4 Å². The molecule has 188 valence electrons. The van der Waals surface area contributed by atoms with Gasteiger partial charge in [-0.25, -0.2) is 0 Å². The zero-order valence-electron chi connectivity index (χ0n) is 18.9. The van der Waals surface area contributed by atoms with E-state index in [1.165, 1.54) is 21.3 Å². The third kappa shape index (κ3) is 6.08. The maximum Gasteiger partial charge on any atom is 0.187 e. The van der Waals surface area contributed by atoms with Crippen LogP contribution in [-0.2, 0) is 39.8 Å². The molecule has 2 aliphatic heterocycles. The molecule has 2 saturated heterocycles. The molecule has 11 heteroatoms. The fraction of sp³-hybridized carbons (Fsp3) is 0.727. The van der Waals surface area contributed by atoms with Crippen LogP contribution in [0.25, 0.3) is 0 Å². The van der Waals surface area contributed by atoms with Crippen LogP contribution in [0.4, 0.5) is 0 Å². The molecule has 11 nitrogen and oxygen atoms in total. The first kappa shape index (κ1) is 26.4. The lowest BCUT2D eigenvalue weighted by Gasteiger charge is -2.47. The van der Waals surface area contributed by atoms with Gasteiger partial charge in [-0.2, -0.15) is 0 Å². The molecule has 1 aromatic carbocycles. The largest absolute Gasteiger partial charge is 0.394 e. The maximum atomic E-state index is 10.7. The lowest BCUT2D eigenvalue weighted by Crippen LogP contribution is -2.65. The SMILES string of the molecule is COCC1O[C@H](O)C(OCc2ccccc2)[C@@H](OC)[C@@H]1O[C@H]1O[C@@H](CO)[C@@H](O)C(OC)C1O. The van der Waals surface area contributed by atoms with Crippen molar-refractivity contribution in [3.05, 3.63) is 35.9 Å². The molecule has 0 aliphatic carbocycles. The molecule has 0 spiro atoms. The number of aliphatic hydroxyl groups excluding tert-OH is 4. The summed E-state index contributed by atoms with van der Waals surface area (Å²) in [5.74, 6) is 0. The monoisotopic (exact) mass is 474 g/mol. The van der Waals surface area contributed by atoms with Crippen LogP contribution in [0.5, 0.6) is 0 Å². The Morgan fingerprint density at radius 2 is 1.52 bits per heavy atom. The summed E-state index contributed by atoms with van der Waals surface area (Å²) in [6.45, 7) is -0.262. The first-order chi connectivity index (χ1) is 15.9. The zero-order valence-corrected chi connectivity index (χ0v) is 18.9. The Morgan fingerprint density at radius 1 is 0.818 bits per heavy atom. The maximum absolute atomic E-state index is 10.7. The lowest BCUT2D eigenvalue weighted by atomic mass is 9.96. The molecule has 33 heavy (non-hydrogen) atoms. The Balaban J connectivity index is 1.79. The quantitative estimate of drug-likeness (QED) is 0.324. The Bertz CT molecular complexity index is 692. The van der Waals surface area contributed by atoms with E-state index in [2.05, 4.69) is 0 Å². The van der Waals surface area contributed by atoms with Crippen molar-refractivity contribution in [2.45, 2.75) is 68.0 Å². The van der Waals surface area contributed by atoms with Crippen molar-refractivity contribution in [3.8, 4) is 0 Å². The van der Waals surface area contributed by atoms with Gasteiger partial charge in [0.2, 0.25) is 0 Å². The molecule has 4 unspecified atom stereocenters. The normalized spacial score (nSPS) is 39.5. The van der Waals surface area contributed by atoms with E-state index >= 15 is 0 Å². The molecule has 0 bridgehead atoms. The number of hydrogen-bond acceptors (Lipinski definition) is 11.